The van der Waals surface area contributed by atoms with E-state index in [1.165, 1.54) is 0 Å². The second-order valence-electron chi connectivity index (χ2n) is 3.30. The van der Waals surface area contributed by atoms with Crippen molar-refractivity contribution in [1.82, 2.24) is 19.8 Å². The number of aromatic nitrogens is 2. The summed E-state index contributed by atoms with van der Waals surface area (Å²) in [7, 11) is 3.73. The summed E-state index contributed by atoms with van der Waals surface area (Å²) in [6, 6.07) is 0. The van der Waals surface area contributed by atoms with E-state index in [-0.39, 0.29) is 12.1 Å². The van der Waals surface area contributed by atoms with Crippen molar-refractivity contribution in [2.45, 2.75) is 6.17 Å². The number of aromatic amines is 1. The van der Waals surface area contributed by atoms with Crippen LogP contribution >= 0.6 is 0 Å². The summed E-state index contributed by atoms with van der Waals surface area (Å²) in [6.45, 7) is 0.472. The summed E-state index contributed by atoms with van der Waals surface area (Å²) in [4.78, 5) is 22.0. The van der Waals surface area contributed by atoms with Crippen LogP contribution < -0.4 is 0 Å². The van der Waals surface area contributed by atoms with Crippen LogP contribution in [0.1, 0.15) is 11.9 Å². The van der Waals surface area contributed by atoms with E-state index in [0.29, 0.717) is 6.54 Å². The van der Waals surface area contributed by atoms with E-state index in [1.807, 2.05) is 11.9 Å². The lowest BCUT2D eigenvalue weighted by atomic mass is 10.3. The Bertz CT molecular complexity index is 308. The van der Waals surface area contributed by atoms with Gasteiger partial charge >= 0.3 is 0 Å². The van der Waals surface area contributed by atoms with Gasteiger partial charge in [0.2, 0.25) is 5.91 Å². The zero-order valence-electron chi connectivity index (χ0n) is 7.69. The van der Waals surface area contributed by atoms with E-state index in [2.05, 4.69) is 9.97 Å². The molecule has 2 heterocycles. The molecule has 5 nitrogen and oxygen atoms in total. The van der Waals surface area contributed by atoms with Crippen LogP contribution in [-0.4, -0.2) is 46.3 Å². The van der Waals surface area contributed by atoms with E-state index >= 15 is 0 Å². The molecular formula is C8H12N4O. The minimum absolute atomic E-state index is 0.00926. The monoisotopic (exact) mass is 180 g/mol. The van der Waals surface area contributed by atoms with Gasteiger partial charge in [-0.3, -0.25) is 9.69 Å². The molecule has 1 aliphatic rings. The fourth-order valence-corrected chi connectivity index (χ4v) is 1.70. The quantitative estimate of drug-likeness (QED) is 0.652. The second kappa shape index (κ2) is 2.85. The Morgan fingerprint density at radius 3 is 2.85 bits per heavy atom. The molecule has 0 saturated carbocycles. The molecule has 0 aliphatic carbocycles. The molecule has 0 radical (unpaired) electrons. The zero-order valence-corrected chi connectivity index (χ0v) is 7.69. The highest BCUT2D eigenvalue weighted by atomic mass is 16.2. The van der Waals surface area contributed by atoms with E-state index in [9.17, 15) is 4.79 Å². The average Bonchev–Trinajstić information content (AvgIpc) is 2.63. The summed E-state index contributed by atoms with van der Waals surface area (Å²) in [5.41, 5.74) is 0.954. The topological polar surface area (TPSA) is 52.2 Å². The number of nitrogens with one attached hydrogen (secondary N) is 1. The Morgan fingerprint density at radius 1 is 1.62 bits per heavy atom. The fourth-order valence-electron chi connectivity index (χ4n) is 1.70. The fraction of sp³-hybridized carbons (Fsp3) is 0.500. The van der Waals surface area contributed by atoms with Gasteiger partial charge in [-0.15, -0.1) is 0 Å². The maximum Gasteiger partial charge on any atom is 0.238 e. The number of rotatable bonds is 1. The van der Waals surface area contributed by atoms with Crippen LogP contribution in [0.2, 0.25) is 0 Å². The number of hydrogen-bond acceptors (Lipinski definition) is 3. The molecule has 0 spiro atoms. The second-order valence-corrected chi connectivity index (χ2v) is 3.30. The standard InChI is InChI=1S/C8H12N4O/c1-11-4-7(13)12(2)8(11)6-3-9-5-10-6/h3,5,8H,4H2,1-2H3,(H,9,10). The molecule has 1 aromatic heterocycles. The first-order chi connectivity index (χ1) is 6.20. The molecule has 1 fully saturated rings. The number of likely N-dealkylation sites (N-methyl/N-ethyl adjacent to an activating group) is 2. The molecule has 1 aromatic rings. The van der Waals surface area contributed by atoms with Crippen molar-refractivity contribution in [1.29, 1.82) is 0 Å². The van der Waals surface area contributed by atoms with Crippen LogP contribution in [-0.2, 0) is 4.79 Å². The summed E-state index contributed by atoms with van der Waals surface area (Å²) in [6.07, 6.45) is 3.38. The third-order valence-electron chi connectivity index (χ3n) is 2.36. The van der Waals surface area contributed by atoms with Gasteiger partial charge in [0.1, 0.15) is 6.17 Å². The SMILES string of the molecule is CN1CC(=O)N(C)C1c1cnc[nH]1. The first-order valence-corrected chi connectivity index (χ1v) is 4.14. The summed E-state index contributed by atoms with van der Waals surface area (Å²) < 4.78 is 0. The highest BCUT2D eigenvalue weighted by Crippen LogP contribution is 2.25. The van der Waals surface area contributed by atoms with Crippen molar-refractivity contribution in [2.24, 2.45) is 0 Å². The number of amides is 1. The maximum atomic E-state index is 11.3. The largest absolute Gasteiger partial charge is 0.346 e. The van der Waals surface area contributed by atoms with Crippen molar-refractivity contribution in [3.63, 3.8) is 0 Å². The molecule has 1 aliphatic heterocycles. The van der Waals surface area contributed by atoms with Gasteiger partial charge in [0.05, 0.1) is 24.8 Å². The molecule has 2 rings (SSSR count). The molecule has 1 unspecified atom stereocenters. The van der Waals surface area contributed by atoms with Crippen molar-refractivity contribution in [3.8, 4) is 0 Å². The Morgan fingerprint density at radius 2 is 2.38 bits per heavy atom. The van der Waals surface area contributed by atoms with E-state index < -0.39 is 0 Å². The van der Waals surface area contributed by atoms with Gasteiger partial charge in [0.25, 0.3) is 0 Å². The lowest BCUT2D eigenvalue weighted by molar-refractivity contribution is -0.126. The number of nitrogens with zero attached hydrogens (tertiary/aromatic N) is 3. The molecule has 1 atom stereocenters. The predicted octanol–water partition coefficient (Wildman–Crippen LogP) is -0.188. The number of hydrogen-bond donors (Lipinski definition) is 1. The third-order valence-corrected chi connectivity index (χ3v) is 2.36. The van der Waals surface area contributed by atoms with Gasteiger partial charge in [0.15, 0.2) is 0 Å². The minimum atomic E-state index is 0.00926. The molecule has 13 heavy (non-hydrogen) atoms. The van der Waals surface area contributed by atoms with Gasteiger partial charge in [-0.05, 0) is 7.05 Å². The maximum absolute atomic E-state index is 11.3. The van der Waals surface area contributed by atoms with Gasteiger partial charge in [0, 0.05) is 7.05 Å². The third kappa shape index (κ3) is 1.21. The Labute approximate surface area is 76.4 Å². The Balaban J connectivity index is 2.29. The van der Waals surface area contributed by atoms with Crippen LogP contribution in [0, 0.1) is 0 Å². The van der Waals surface area contributed by atoms with Crippen molar-refractivity contribution in [2.75, 3.05) is 20.6 Å². The Hall–Kier alpha value is -1.36. The number of H-pyrrole nitrogens is 1. The average molecular weight is 180 g/mol. The molecule has 1 N–H and O–H groups in total. The molecular weight excluding hydrogens is 168 g/mol. The van der Waals surface area contributed by atoms with E-state index in [4.69, 9.17) is 0 Å². The highest BCUT2D eigenvalue weighted by Gasteiger charge is 2.34. The van der Waals surface area contributed by atoms with Crippen molar-refractivity contribution >= 4 is 5.91 Å². The normalized spacial score (nSPS) is 24.3. The predicted molar refractivity (Wildman–Crippen MR) is 46.7 cm³/mol. The molecule has 0 aromatic carbocycles. The first kappa shape index (κ1) is 8.25. The van der Waals surface area contributed by atoms with Gasteiger partial charge in [-0.2, -0.15) is 0 Å². The lowest BCUT2D eigenvalue weighted by Gasteiger charge is -2.22. The van der Waals surface area contributed by atoms with Crippen LogP contribution in [0.3, 0.4) is 0 Å². The molecule has 70 valence electrons. The van der Waals surface area contributed by atoms with Gasteiger partial charge < -0.3 is 9.88 Å². The van der Waals surface area contributed by atoms with E-state index in [0.717, 1.165) is 5.69 Å². The smallest absolute Gasteiger partial charge is 0.238 e. The zero-order chi connectivity index (χ0) is 9.42. The molecule has 1 saturated heterocycles. The van der Waals surface area contributed by atoms with Crippen molar-refractivity contribution in [3.05, 3.63) is 18.2 Å². The molecule has 1 amide bonds. The summed E-state index contributed by atoms with van der Waals surface area (Å²) in [5, 5.41) is 0. The Kier molecular flexibility index (Phi) is 1.81. The van der Waals surface area contributed by atoms with Gasteiger partial charge in [-0.1, -0.05) is 0 Å². The molecule has 0 bridgehead atoms. The van der Waals surface area contributed by atoms with E-state index in [1.54, 1.807) is 24.5 Å². The summed E-state index contributed by atoms with van der Waals surface area (Å²) in [5.74, 6) is 0.141. The van der Waals surface area contributed by atoms with Crippen molar-refractivity contribution < 1.29 is 4.79 Å². The van der Waals surface area contributed by atoms with Crippen LogP contribution in [0.25, 0.3) is 0 Å². The van der Waals surface area contributed by atoms with Crippen LogP contribution in [0.4, 0.5) is 0 Å². The van der Waals surface area contributed by atoms with Crippen LogP contribution in [0.5, 0.6) is 0 Å². The summed E-state index contributed by atoms with van der Waals surface area (Å²) >= 11 is 0. The number of imidazole rings is 1. The highest BCUT2D eigenvalue weighted by molar-refractivity contribution is 5.80. The van der Waals surface area contributed by atoms with Gasteiger partial charge in [-0.25, -0.2) is 4.98 Å². The number of carbonyl (C=O) groups excluding carboxylic acids is 1. The minimum Gasteiger partial charge on any atom is -0.346 e. The molecule has 5 heteroatoms. The number of carbonyl (C=O) groups is 1. The van der Waals surface area contributed by atoms with Crippen LogP contribution in [0.15, 0.2) is 12.5 Å². The first-order valence-electron chi connectivity index (χ1n) is 4.14. The lowest BCUT2D eigenvalue weighted by Crippen LogP contribution is -2.27.